The van der Waals surface area contributed by atoms with E-state index in [1.165, 1.54) is 0 Å². The Hall–Kier alpha value is -3.27. The van der Waals surface area contributed by atoms with Crippen molar-refractivity contribution in [3.63, 3.8) is 0 Å². The van der Waals surface area contributed by atoms with Crippen LogP contribution in [0.5, 0.6) is 0 Å². The van der Waals surface area contributed by atoms with Crippen molar-refractivity contribution in [2.45, 2.75) is 32.8 Å². The molecule has 1 aliphatic carbocycles. The van der Waals surface area contributed by atoms with Crippen LogP contribution in [0, 0.1) is 6.92 Å². The summed E-state index contributed by atoms with van der Waals surface area (Å²) < 4.78 is 5.59. The van der Waals surface area contributed by atoms with Gasteiger partial charge in [-0.25, -0.2) is 4.79 Å². The van der Waals surface area contributed by atoms with Crippen LogP contribution in [0.2, 0.25) is 0 Å². The normalized spacial score (nSPS) is 13.1. The molecule has 0 unspecified atom stereocenters. The van der Waals surface area contributed by atoms with Crippen LogP contribution in [0.15, 0.2) is 60.7 Å². The monoisotopic (exact) mass is 371 g/mol. The molecule has 4 heteroatoms. The van der Waals surface area contributed by atoms with Crippen molar-refractivity contribution in [1.29, 1.82) is 0 Å². The van der Waals surface area contributed by atoms with E-state index in [9.17, 15) is 9.59 Å². The lowest BCUT2D eigenvalue weighted by Crippen LogP contribution is -2.20. The molecule has 28 heavy (non-hydrogen) atoms. The highest BCUT2D eigenvalue weighted by Gasteiger charge is 2.29. The van der Waals surface area contributed by atoms with Gasteiger partial charge in [0.05, 0.1) is 17.0 Å². The minimum atomic E-state index is -0.450. The van der Waals surface area contributed by atoms with Crippen LogP contribution >= 0.6 is 0 Å². The molecule has 0 spiro atoms. The summed E-state index contributed by atoms with van der Waals surface area (Å²) in [5, 5.41) is 0. The number of pyridine rings is 1. The van der Waals surface area contributed by atoms with E-state index in [0.29, 0.717) is 28.8 Å². The molecule has 3 aromatic rings. The van der Waals surface area contributed by atoms with Crippen LogP contribution in [0.1, 0.15) is 50.5 Å². The Kier molecular flexibility index (Phi) is 5.02. The maximum Gasteiger partial charge on any atom is 0.340 e. The number of carbonyl (C=O) groups excluding carboxylic acids is 2. The molecule has 4 rings (SSSR count). The van der Waals surface area contributed by atoms with E-state index in [4.69, 9.17) is 4.74 Å². The third kappa shape index (κ3) is 3.46. The number of Topliss-reactive ketones (excluding diaryl/α,β-unsaturated/α-hetero) is 1. The number of esters is 1. The molecule has 140 valence electrons. The standard InChI is InChI=1S/C24H21NO3/c1-16-21(24(27)28-15-17-9-4-2-5-10-17)22(18-11-6-3-7-12-18)23-19(25-16)13-8-14-20(23)26/h2-7,9-12H,8,13-15H2,1H3. The summed E-state index contributed by atoms with van der Waals surface area (Å²) in [6, 6.07) is 19.1. The fraction of sp³-hybridized carbons (Fsp3) is 0.208. The Labute approximate surface area is 164 Å². The van der Waals surface area contributed by atoms with Crippen LogP contribution in [-0.4, -0.2) is 16.7 Å². The third-order valence-electron chi connectivity index (χ3n) is 5.03. The lowest BCUT2D eigenvalue weighted by molar-refractivity contribution is 0.0472. The molecule has 2 aromatic carbocycles. The number of fused-ring (bicyclic) bond motifs is 1. The predicted molar refractivity (Wildman–Crippen MR) is 107 cm³/mol. The SMILES string of the molecule is Cc1nc2c(c(-c3ccccc3)c1C(=O)OCc1ccccc1)C(=O)CCC2. The minimum Gasteiger partial charge on any atom is -0.457 e. The first-order valence-electron chi connectivity index (χ1n) is 9.48. The molecule has 0 N–H and O–H groups in total. The second-order valence-corrected chi connectivity index (χ2v) is 6.97. The van der Waals surface area contributed by atoms with Crippen molar-refractivity contribution >= 4 is 11.8 Å². The first-order valence-corrected chi connectivity index (χ1v) is 9.48. The number of benzene rings is 2. The lowest BCUT2D eigenvalue weighted by Gasteiger charge is -2.22. The van der Waals surface area contributed by atoms with Crippen LogP contribution in [0.4, 0.5) is 0 Å². The zero-order valence-corrected chi connectivity index (χ0v) is 15.8. The maximum atomic E-state index is 13.1. The van der Waals surface area contributed by atoms with Crippen molar-refractivity contribution in [3.8, 4) is 11.1 Å². The van der Waals surface area contributed by atoms with Gasteiger partial charge in [-0.2, -0.15) is 0 Å². The van der Waals surface area contributed by atoms with Crippen molar-refractivity contribution in [1.82, 2.24) is 4.98 Å². The Morgan fingerprint density at radius 3 is 2.36 bits per heavy atom. The number of hydrogen-bond donors (Lipinski definition) is 0. The van der Waals surface area contributed by atoms with Gasteiger partial charge in [0.2, 0.25) is 0 Å². The topological polar surface area (TPSA) is 56.3 Å². The van der Waals surface area contributed by atoms with Gasteiger partial charge in [-0.05, 0) is 30.9 Å². The molecule has 1 aromatic heterocycles. The number of rotatable bonds is 4. The number of hydrogen-bond acceptors (Lipinski definition) is 4. The smallest absolute Gasteiger partial charge is 0.340 e. The first-order chi connectivity index (χ1) is 13.6. The van der Waals surface area contributed by atoms with Crippen molar-refractivity contribution in [3.05, 3.63) is 88.7 Å². The highest BCUT2D eigenvalue weighted by Crippen LogP contribution is 2.35. The average molecular weight is 371 g/mol. The second-order valence-electron chi connectivity index (χ2n) is 6.97. The fourth-order valence-corrected chi connectivity index (χ4v) is 3.73. The molecular weight excluding hydrogens is 350 g/mol. The molecule has 0 bridgehead atoms. The Morgan fingerprint density at radius 2 is 1.64 bits per heavy atom. The van der Waals surface area contributed by atoms with E-state index in [0.717, 1.165) is 29.7 Å². The molecule has 0 aliphatic heterocycles. The molecule has 0 saturated heterocycles. The number of ether oxygens (including phenoxy) is 1. The predicted octanol–water partition coefficient (Wildman–Crippen LogP) is 4.93. The lowest BCUT2D eigenvalue weighted by atomic mass is 9.85. The molecule has 0 fully saturated rings. The number of aromatic nitrogens is 1. The molecule has 0 amide bonds. The van der Waals surface area contributed by atoms with E-state index in [-0.39, 0.29) is 12.4 Å². The largest absolute Gasteiger partial charge is 0.457 e. The zero-order chi connectivity index (χ0) is 19.5. The summed E-state index contributed by atoms with van der Waals surface area (Å²) in [6.45, 7) is 1.99. The molecule has 1 heterocycles. The Bertz CT molecular complexity index is 1030. The van der Waals surface area contributed by atoms with E-state index >= 15 is 0 Å². The quantitative estimate of drug-likeness (QED) is 0.610. The highest BCUT2D eigenvalue weighted by atomic mass is 16.5. The zero-order valence-electron chi connectivity index (χ0n) is 15.8. The molecular formula is C24H21NO3. The van der Waals surface area contributed by atoms with Gasteiger partial charge in [-0.15, -0.1) is 0 Å². The number of nitrogens with zero attached hydrogens (tertiary/aromatic N) is 1. The molecule has 0 radical (unpaired) electrons. The van der Waals surface area contributed by atoms with E-state index in [1.807, 2.05) is 67.6 Å². The first kappa shape index (κ1) is 18.1. The number of aryl methyl sites for hydroxylation is 2. The minimum absolute atomic E-state index is 0.0460. The summed E-state index contributed by atoms with van der Waals surface area (Å²) in [4.78, 5) is 30.4. The summed E-state index contributed by atoms with van der Waals surface area (Å²) in [5.74, 6) is -0.404. The molecule has 0 atom stereocenters. The van der Waals surface area contributed by atoms with E-state index in [2.05, 4.69) is 4.98 Å². The van der Waals surface area contributed by atoms with E-state index in [1.54, 1.807) is 0 Å². The second kappa shape index (κ2) is 7.77. The number of carbonyl (C=O) groups is 2. The fourth-order valence-electron chi connectivity index (χ4n) is 3.73. The van der Waals surface area contributed by atoms with Gasteiger partial charge in [0.1, 0.15) is 6.61 Å². The molecule has 1 aliphatic rings. The van der Waals surface area contributed by atoms with Gasteiger partial charge in [0.25, 0.3) is 0 Å². The van der Waals surface area contributed by atoms with Crippen molar-refractivity contribution in [2.75, 3.05) is 0 Å². The van der Waals surface area contributed by atoms with Gasteiger partial charge in [0, 0.05) is 17.5 Å². The van der Waals surface area contributed by atoms with Gasteiger partial charge < -0.3 is 4.74 Å². The highest BCUT2D eigenvalue weighted by molar-refractivity contribution is 6.10. The summed E-state index contributed by atoms with van der Waals surface area (Å²) in [7, 11) is 0. The summed E-state index contributed by atoms with van der Waals surface area (Å²) in [6.07, 6.45) is 2.03. The van der Waals surface area contributed by atoms with Crippen molar-refractivity contribution < 1.29 is 14.3 Å². The van der Waals surface area contributed by atoms with Gasteiger partial charge in [0.15, 0.2) is 5.78 Å². The maximum absolute atomic E-state index is 13.1. The van der Waals surface area contributed by atoms with Gasteiger partial charge >= 0.3 is 5.97 Å². The molecule has 4 nitrogen and oxygen atoms in total. The van der Waals surface area contributed by atoms with Crippen LogP contribution in [-0.2, 0) is 17.8 Å². The average Bonchev–Trinajstić information content (AvgIpc) is 2.72. The summed E-state index contributed by atoms with van der Waals surface area (Å²) in [5.41, 5.74) is 4.76. The van der Waals surface area contributed by atoms with Crippen LogP contribution in [0.25, 0.3) is 11.1 Å². The van der Waals surface area contributed by atoms with E-state index < -0.39 is 5.97 Å². The molecule has 0 saturated carbocycles. The number of ketones is 1. The third-order valence-corrected chi connectivity index (χ3v) is 5.03. The van der Waals surface area contributed by atoms with Gasteiger partial charge in [-0.1, -0.05) is 60.7 Å². The Balaban J connectivity index is 1.81. The Morgan fingerprint density at radius 1 is 0.964 bits per heavy atom. The van der Waals surface area contributed by atoms with Crippen molar-refractivity contribution in [2.24, 2.45) is 0 Å². The van der Waals surface area contributed by atoms with Crippen LogP contribution < -0.4 is 0 Å². The van der Waals surface area contributed by atoms with Crippen LogP contribution in [0.3, 0.4) is 0 Å². The van der Waals surface area contributed by atoms with Gasteiger partial charge in [-0.3, -0.25) is 9.78 Å². The summed E-state index contributed by atoms with van der Waals surface area (Å²) >= 11 is 0.